The van der Waals surface area contributed by atoms with Gasteiger partial charge in [-0.25, -0.2) is 14.6 Å². The smallest absolute Gasteiger partial charge is 0.407 e. The first-order valence-corrected chi connectivity index (χ1v) is 6.25. The summed E-state index contributed by atoms with van der Waals surface area (Å²) in [6.45, 7) is 3.74. The lowest BCUT2D eigenvalue weighted by molar-refractivity contribution is 0.144. The second kappa shape index (κ2) is 12.7. The number of unbranched alkanes of at least 4 members (excludes halogenated alkanes) is 4. The molecule has 0 unspecified atom stereocenters. The van der Waals surface area contributed by atoms with Gasteiger partial charge in [0.2, 0.25) is 6.08 Å². The van der Waals surface area contributed by atoms with Gasteiger partial charge in [0.25, 0.3) is 0 Å². The summed E-state index contributed by atoms with van der Waals surface area (Å²) in [7, 11) is 0. The van der Waals surface area contributed by atoms with E-state index in [-0.39, 0.29) is 6.09 Å². The molecule has 0 saturated heterocycles. The fourth-order valence-electron chi connectivity index (χ4n) is 1.27. The summed E-state index contributed by atoms with van der Waals surface area (Å²) >= 11 is 0. The van der Waals surface area contributed by atoms with E-state index in [2.05, 4.69) is 17.2 Å². The molecule has 0 aliphatic rings. The number of nitrogens with one attached hydrogen (secondary N) is 1. The molecule has 5 heteroatoms. The molecule has 98 valence electrons. The van der Waals surface area contributed by atoms with E-state index in [1.165, 1.54) is 6.08 Å². The predicted octanol–water partition coefficient (Wildman–Crippen LogP) is 2.41. The Kier molecular flexibility index (Phi) is 11.7. The van der Waals surface area contributed by atoms with Crippen LogP contribution in [0.2, 0.25) is 0 Å². The van der Waals surface area contributed by atoms with Crippen molar-refractivity contribution in [2.24, 2.45) is 4.99 Å². The highest BCUT2D eigenvalue weighted by molar-refractivity contribution is 5.66. The van der Waals surface area contributed by atoms with Crippen LogP contribution < -0.4 is 5.32 Å². The number of aliphatic imine (C=N–C) groups is 1. The molecule has 1 amide bonds. The maximum atomic E-state index is 11.1. The minimum absolute atomic E-state index is 0.330. The van der Waals surface area contributed by atoms with Gasteiger partial charge in [-0.05, 0) is 19.3 Å². The van der Waals surface area contributed by atoms with Crippen molar-refractivity contribution in [3.8, 4) is 0 Å². The molecule has 1 N–H and O–H groups in total. The molecule has 0 rings (SSSR count). The van der Waals surface area contributed by atoms with Crippen LogP contribution in [-0.4, -0.2) is 31.9 Å². The van der Waals surface area contributed by atoms with E-state index >= 15 is 0 Å². The average molecular weight is 242 g/mol. The fourth-order valence-corrected chi connectivity index (χ4v) is 1.27. The van der Waals surface area contributed by atoms with Crippen molar-refractivity contribution in [3.05, 3.63) is 0 Å². The van der Waals surface area contributed by atoms with Crippen LogP contribution in [0.5, 0.6) is 0 Å². The summed E-state index contributed by atoms with van der Waals surface area (Å²) in [4.78, 5) is 24.3. The molecule has 0 atom stereocenters. The van der Waals surface area contributed by atoms with Gasteiger partial charge in [-0.15, -0.1) is 0 Å². The number of hydrogen-bond acceptors (Lipinski definition) is 4. The minimum atomic E-state index is -0.330. The van der Waals surface area contributed by atoms with Gasteiger partial charge in [-0.2, -0.15) is 0 Å². The van der Waals surface area contributed by atoms with Crippen molar-refractivity contribution in [2.45, 2.75) is 45.4 Å². The summed E-state index contributed by atoms with van der Waals surface area (Å²) < 4.78 is 4.93. The highest BCUT2D eigenvalue weighted by Crippen LogP contribution is 1.99. The van der Waals surface area contributed by atoms with Gasteiger partial charge in [-0.3, -0.25) is 0 Å². The zero-order valence-electron chi connectivity index (χ0n) is 10.5. The molecular weight excluding hydrogens is 220 g/mol. The molecule has 0 aromatic heterocycles. The molecule has 0 aromatic rings. The molecule has 0 fully saturated rings. The molecule has 0 saturated carbocycles. The summed E-state index contributed by atoms with van der Waals surface area (Å²) in [5.41, 5.74) is 0. The topological polar surface area (TPSA) is 67.8 Å². The molecule has 0 radical (unpaired) electrons. The van der Waals surface area contributed by atoms with Crippen LogP contribution in [0.15, 0.2) is 4.99 Å². The van der Waals surface area contributed by atoms with Crippen LogP contribution in [0.25, 0.3) is 0 Å². The maximum absolute atomic E-state index is 11.1. The standard InChI is InChI=1S/C12H22N2O3/c1-2-3-10-17-12(16)14-9-7-5-4-6-8-13-11-15/h2-10H2,1H3,(H,14,16). The predicted molar refractivity (Wildman–Crippen MR) is 65.7 cm³/mol. The van der Waals surface area contributed by atoms with Crippen LogP contribution >= 0.6 is 0 Å². The summed E-state index contributed by atoms with van der Waals surface area (Å²) in [6, 6.07) is 0. The number of carbonyl (C=O) groups is 1. The molecule has 0 aliphatic heterocycles. The lowest BCUT2D eigenvalue weighted by Crippen LogP contribution is -2.25. The van der Waals surface area contributed by atoms with Crippen molar-refractivity contribution < 1.29 is 14.3 Å². The van der Waals surface area contributed by atoms with Gasteiger partial charge in [0.1, 0.15) is 0 Å². The Hall–Kier alpha value is -1.35. The van der Waals surface area contributed by atoms with Crippen LogP contribution in [-0.2, 0) is 9.53 Å². The lowest BCUT2D eigenvalue weighted by Gasteiger charge is -2.05. The lowest BCUT2D eigenvalue weighted by atomic mass is 10.2. The molecule has 0 bridgehead atoms. The first-order valence-electron chi connectivity index (χ1n) is 6.25. The van der Waals surface area contributed by atoms with Crippen molar-refractivity contribution in [3.63, 3.8) is 0 Å². The average Bonchev–Trinajstić information content (AvgIpc) is 2.33. The molecule has 0 aromatic carbocycles. The second-order valence-electron chi connectivity index (χ2n) is 3.80. The van der Waals surface area contributed by atoms with Gasteiger partial charge in [0.15, 0.2) is 0 Å². The first kappa shape index (κ1) is 15.7. The Bertz CT molecular complexity index is 238. The number of alkyl carbamates (subject to hydrolysis) is 1. The third kappa shape index (κ3) is 12.6. The monoisotopic (exact) mass is 242 g/mol. The third-order valence-electron chi connectivity index (χ3n) is 2.26. The van der Waals surface area contributed by atoms with E-state index in [4.69, 9.17) is 4.74 Å². The van der Waals surface area contributed by atoms with Crippen LogP contribution in [0.4, 0.5) is 4.79 Å². The molecule has 5 nitrogen and oxygen atoms in total. The molecule has 0 spiro atoms. The Morgan fingerprint density at radius 1 is 1.24 bits per heavy atom. The number of hydrogen-bond donors (Lipinski definition) is 1. The van der Waals surface area contributed by atoms with E-state index in [0.29, 0.717) is 19.7 Å². The van der Waals surface area contributed by atoms with Gasteiger partial charge in [0.05, 0.1) is 13.2 Å². The van der Waals surface area contributed by atoms with Crippen molar-refractivity contribution in [1.29, 1.82) is 0 Å². The van der Waals surface area contributed by atoms with E-state index in [1.807, 2.05) is 0 Å². The molecule has 0 heterocycles. The van der Waals surface area contributed by atoms with E-state index in [1.54, 1.807) is 0 Å². The van der Waals surface area contributed by atoms with Gasteiger partial charge >= 0.3 is 6.09 Å². The Morgan fingerprint density at radius 3 is 2.71 bits per heavy atom. The number of nitrogens with zero attached hydrogens (tertiary/aromatic N) is 1. The fraction of sp³-hybridized carbons (Fsp3) is 0.833. The van der Waals surface area contributed by atoms with Crippen molar-refractivity contribution >= 4 is 12.2 Å². The highest BCUT2D eigenvalue weighted by atomic mass is 16.5. The molecular formula is C12H22N2O3. The summed E-state index contributed by atoms with van der Waals surface area (Å²) in [5.74, 6) is 0. The Labute approximate surface area is 103 Å². The van der Waals surface area contributed by atoms with Crippen LogP contribution in [0, 0.1) is 0 Å². The second-order valence-corrected chi connectivity index (χ2v) is 3.80. The zero-order chi connectivity index (χ0) is 12.8. The molecule has 17 heavy (non-hydrogen) atoms. The van der Waals surface area contributed by atoms with Crippen molar-refractivity contribution in [1.82, 2.24) is 5.32 Å². The van der Waals surface area contributed by atoms with E-state index in [0.717, 1.165) is 38.5 Å². The summed E-state index contributed by atoms with van der Waals surface area (Å²) in [5, 5.41) is 2.70. The Morgan fingerprint density at radius 2 is 2.00 bits per heavy atom. The number of carbonyl (C=O) groups excluding carboxylic acids is 2. The van der Waals surface area contributed by atoms with Crippen LogP contribution in [0.1, 0.15) is 45.4 Å². The van der Waals surface area contributed by atoms with Crippen LogP contribution in [0.3, 0.4) is 0 Å². The van der Waals surface area contributed by atoms with Gasteiger partial charge < -0.3 is 10.1 Å². The quantitative estimate of drug-likeness (QED) is 0.363. The van der Waals surface area contributed by atoms with E-state index in [9.17, 15) is 9.59 Å². The Balaban J connectivity index is 3.16. The normalized spacial score (nSPS) is 9.47. The highest BCUT2D eigenvalue weighted by Gasteiger charge is 1.99. The third-order valence-corrected chi connectivity index (χ3v) is 2.26. The minimum Gasteiger partial charge on any atom is -0.450 e. The SMILES string of the molecule is CCCCOC(=O)NCCCCCCN=C=O. The van der Waals surface area contributed by atoms with Gasteiger partial charge in [-0.1, -0.05) is 26.2 Å². The number of rotatable bonds is 10. The first-order chi connectivity index (χ1) is 8.31. The number of amides is 1. The molecule has 0 aliphatic carbocycles. The van der Waals surface area contributed by atoms with E-state index < -0.39 is 0 Å². The number of ether oxygens (including phenoxy) is 1. The zero-order valence-corrected chi connectivity index (χ0v) is 10.5. The van der Waals surface area contributed by atoms with Crippen molar-refractivity contribution in [2.75, 3.05) is 19.7 Å². The largest absolute Gasteiger partial charge is 0.450 e. The number of isocyanates is 1. The van der Waals surface area contributed by atoms with Gasteiger partial charge in [0, 0.05) is 6.54 Å². The summed E-state index contributed by atoms with van der Waals surface area (Å²) in [6.07, 6.45) is 6.97. The maximum Gasteiger partial charge on any atom is 0.407 e.